The maximum absolute atomic E-state index is 13.3. The third-order valence-electron chi connectivity index (χ3n) is 5.56. The van der Waals surface area contributed by atoms with Crippen molar-refractivity contribution in [1.29, 1.82) is 0 Å². The van der Waals surface area contributed by atoms with E-state index in [4.69, 9.17) is 11.6 Å². The van der Waals surface area contributed by atoms with Crippen molar-refractivity contribution in [1.82, 2.24) is 10.2 Å². The van der Waals surface area contributed by atoms with E-state index in [9.17, 15) is 22.4 Å². The fraction of sp³-hybridized carbons (Fsp3) is 0.440. The number of carbonyl (C=O) groups is 2. The number of hydrogen-bond acceptors (Lipinski definition) is 4. The summed E-state index contributed by atoms with van der Waals surface area (Å²) < 4.78 is 39.0. The molecule has 0 spiro atoms. The van der Waals surface area contributed by atoms with Crippen LogP contribution in [0.4, 0.5) is 10.1 Å². The highest BCUT2D eigenvalue weighted by Crippen LogP contribution is 2.21. The number of halogens is 2. The number of anilines is 1. The van der Waals surface area contributed by atoms with Crippen molar-refractivity contribution < 1.29 is 22.4 Å². The monoisotopic (exact) mass is 525 g/mol. The van der Waals surface area contributed by atoms with Crippen molar-refractivity contribution in [2.45, 2.75) is 52.1 Å². The Morgan fingerprint density at radius 2 is 1.74 bits per heavy atom. The van der Waals surface area contributed by atoms with Gasteiger partial charge in [0, 0.05) is 31.1 Å². The summed E-state index contributed by atoms with van der Waals surface area (Å²) in [6.07, 6.45) is 3.06. The molecule has 35 heavy (non-hydrogen) atoms. The molecule has 2 amide bonds. The van der Waals surface area contributed by atoms with E-state index in [1.54, 1.807) is 25.1 Å². The SMILES string of the molecule is CCCCNC(=O)[C@H](C)N(Cc1ccccc1Cl)C(=O)CCCN(c1ccc(F)cc1)S(C)(=O)=O. The van der Waals surface area contributed by atoms with Gasteiger partial charge in [0.15, 0.2) is 0 Å². The van der Waals surface area contributed by atoms with Crippen molar-refractivity contribution in [2.24, 2.45) is 0 Å². The average Bonchev–Trinajstić information content (AvgIpc) is 2.81. The summed E-state index contributed by atoms with van der Waals surface area (Å²) in [5.41, 5.74) is 1.03. The lowest BCUT2D eigenvalue weighted by Gasteiger charge is -2.29. The largest absolute Gasteiger partial charge is 0.354 e. The number of amides is 2. The van der Waals surface area contributed by atoms with Crippen molar-refractivity contribution in [2.75, 3.05) is 23.7 Å². The van der Waals surface area contributed by atoms with Gasteiger partial charge in [0.05, 0.1) is 11.9 Å². The van der Waals surface area contributed by atoms with Crippen LogP contribution >= 0.6 is 11.6 Å². The van der Waals surface area contributed by atoms with E-state index in [1.807, 2.05) is 13.0 Å². The second-order valence-electron chi connectivity index (χ2n) is 8.35. The molecule has 0 unspecified atom stereocenters. The molecule has 7 nitrogen and oxygen atoms in total. The molecule has 10 heteroatoms. The van der Waals surface area contributed by atoms with Crippen molar-refractivity contribution in [3.63, 3.8) is 0 Å². The second-order valence-corrected chi connectivity index (χ2v) is 10.7. The van der Waals surface area contributed by atoms with Crippen LogP contribution in [-0.4, -0.2) is 50.5 Å². The predicted molar refractivity (Wildman–Crippen MR) is 137 cm³/mol. The highest BCUT2D eigenvalue weighted by molar-refractivity contribution is 7.92. The molecule has 0 saturated heterocycles. The van der Waals surface area contributed by atoms with Gasteiger partial charge in [-0.25, -0.2) is 12.8 Å². The molecule has 0 saturated carbocycles. The Bertz CT molecular complexity index is 1100. The van der Waals surface area contributed by atoms with E-state index in [0.717, 1.165) is 23.4 Å². The fourth-order valence-electron chi connectivity index (χ4n) is 3.54. The molecule has 2 rings (SSSR count). The molecule has 0 aliphatic rings. The molecule has 0 heterocycles. The molecular formula is C25H33ClFN3O4S. The van der Waals surface area contributed by atoms with E-state index in [0.29, 0.717) is 22.8 Å². The van der Waals surface area contributed by atoms with Crippen molar-refractivity contribution in [3.8, 4) is 0 Å². The van der Waals surface area contributed by atoms with Gasteiger partial charge < -0.3 is 10.2 Å². The van der Waals surface area contributed by atoms with Crippen LogP contribution in [0, 0.1) is 5.82 Å². The fourth-order valence-corrected chi connectivity index (χ4v) is 4.70. The minimum Gasteiger partial charge on any atom is -0.354 e. The van der Waals surface area contributed by atoms with Gasteiger partial charge in [-0.3, -0.25) is 13.9 Å². The van der Waals surface area contributed by atoms with Gasteiger partial charge >= 0.3 is 0 Å². The molecule has 2 aromatic carbocycles. The molecule has 0 aromatic heterocycles. The molecule has 192 valence electrons. The molecule has 2 aromatic rings. The van der Waals surface area contributed by atoms with E-state index >= 15 is 0 Å². The van der Waals surface area contributed by atoms with Crippen LogP contribution in [0.15, 0.2) is 48.5 Å². The molecule has 0 bridgehead atoms. The predicted octanol–water partition coefficient (Wildman–Crippen LogP) is 4.36. The average molecular weight is 526 g/mol. The van der Waals surface area contributed by atoms with E-state index in [1.165, 1.54) is 29.2 Å². The van der Waals surface area contributed by atoms with Crippen LogP contribution in [0.5, 0.6) is 0 Å². The zero-order valence-electron chi connectivity index (χ0n) is 20.3. The summed E-state index contributed by atoms with van der Waals surface area (Å²) in [6, 6.07) is 11.5. The van der Waals surface area contributed by atoms with E-state index in [2.05, 4.69) is 5.32 Å². The number of unbranched alkanes of at least 4 members (excludes halogenated alkanes) is 1. The molecule has 1 atom stereocenters. The third kappa shape index (κ3) is 8.81. The summed E-state index contributed by atoms with van der Waals surface area (Å²) >= 11 is 6.30. The number of benzene rings is 2. The van der Waals surface area contributed by atoms with Crippen molar-refractivity contribution >= 4 is 39.1 Å². The van der Waals surface area contributed by atoms with Crippen LogP contribution in [0.2, 0.25) is 5.02 Å². The Balaban J connectivity index is 2.14. The lowest BCUT2D eigenvalue weighted by molar-refractivity contribution is -0.140. The number of nitrogens with one attached hydrogen (secondary N) is 1. The summed E-state index contributed by atoms with van der Waals surface area (Å²) in [5, 5.41) is 3.34. The van der Waals surface area contributed by atoms with Crippen LogP contribution in [-0.2, 0) is 26.2 Å². The number of sulfonamides is 1. The summed E-state index contributed by atoms with van der Waals surface area (Å²) in [4.78, 5) is 27.4. The molecule has 1 N–H and O–H groups in total. The maximum atomic E-state index is 13.3. The first kappa shape index (κ1) is 28.6. The quantitative estimate of drug-likeness (QED) is 0.394. The summed E-state index contributed by atoms with van der Waals surface area (Å²) in [6.45, 7) is 4.39. The minimum absolute atomic E-state index is 0.0181. The third-order valence-corrected chi connectivity index (χ3v) is 7.12. The van der Waals surface area contributed by atoms with Gasteiger partial charge in [-0.1, -0.05) is 43.1 Å². The highest BCUT2D eigenvalue weighted by atomic mass is 35.5. The van der Waals surface area contributed by atoms with Gasteiger partial charge in [0.2, 0.25) is 21.8 Å². The van der Waals surface area contributed by atoms with Crippen LogP contribution in [0.1, 0.15) is 45.1 Å². The Morgan fingerprint density at radius 1 is 1.09 bits per heavy atom. The Kier molecular flexibility index (Phi) is 11.0. The number of rotatable bonds is 13. The van der Waals surface area contributed by atoms with E-state index in [-0.39, 0.29) is 37.7 Å². The summed E-state index contributed by atoms with van der Waals surface area (Å²) in [5.74, 6) is -1.03. The van der Waals surface area contributed by atoms with Gasteiger partial charge in [0.1, 0.15) is 11.9 Å². The minimum atomic E-state index is -3.64. The van der Waals surface area contributed by atoms with Gasteiger partial charge in [-0.15, -0.1) is 0 Å². The molecular weight excluding hydrogens is 493 g/mol. The summed E-state index contributed by atoms with van der Waals surface area (Å²) in [7, 11) is -3.64. The zero-order chi connectivity index (χ0) is 26.0. The smallest absolute Gasteiger partial charge is 0.242 e. The number of nitrogens with zero attached hydrogens (tertiary/aromatic N) is 2. The number of hydrogen-bond donors (Lipinski definition) is 1. The lowest BCUT2D eigenvalue weighted by atomic mass is 10.1. The maximum Gasteiger partial charge on any atom is 0.242 e. The van der Waals surface area contributed by atoms with Crippen LogP contribution in [0.25, 0.3) is 0 Å². The van der Waals surface area contributed by atoms with E-state index < -0.39 is 21.9 Å². The normalized spacial score (nSPS) is 12.1. The first-order valence-electron chi connectivity index (χ1n) is 11.6. The molecule has 0 radical (unpaired) electrons. The molecule has 0 fully saturated rings. The van der Waals surface area contributed by atoms with Crippen LogP contribution < -0.4 is 9.62 Å². The highest BCUT2D eigenvalue weighted by Gasteiger charge is 2.27. The van der Waals surface area contributed by atoms with Gasteiger partial charge in [-0.2, -0.15) is 0 Å². The van der Waals surface area contributed by atoms with Gasteiger partial charge in [-0.05, 0) is 55.7 Å². The van der Waals surface area contributed by atoms with Gasteiger partial charge in [0.25, 0.3) is 0 Å². The molecule has 0 aliphatic heterocycles. The topological polar surface area (TPSA) is 86.8 Å². The molecule has 0 aliphatic carbocycles. The Labute approximate surface area is 212 Å². The second kappa shape index (κ2) is 13.4. The first-order chi connectivity index (χ1) is 16.5. The van der Waals surface area contributed by atoms with Crippen LogP contribution in [0.3, 0.4) is 0 Å². The zero-order valence-corrected chi connectivity index (χ0v) is 21.9. The first-order valence-corrected chi connectivity index (χ1v) is 13.8. The standard InChI is InChI=1S/C25H33ClFN3O4S/c1-4-5-16-28-25(32)19(2)29(18-20-9-6-7-10-23(20)26)24(31)11-8-17-30(35(3,33)34)22-14-12-21(27)13-15-22/h6-7,9-10,12-15,19H,4-5,8,11,16-18H2,1-3H3,(H,28,32)/t19-/m0/s1. The number of carbonyl (C=O) groups excluding carboxylic acids is 2. The van der Waals surface area contributed by atoms with Crippen molar-refractivity contribution in [3.05, 3.63) is 64.9 Å². The Morgan fingerprint density at radius 3 is 2.34 bits per heavy atom. The lowest BCUT2D eigenvalue weighted by Crippen LogP contribution is -2.48. The Hall–Kier alpha value is -2.65.